The van der Waals surface area contributed by atoms with Crippen LogP contribution in [0.3, 0.4) is 0 Å². The molecule has 0 bridgehead atoms. The molecule has 202 valence electrons. The van der Waals surface area contributed by atoms with E-state index in [1.807, 2.05) is 73.0 Å². The monoisotopic (exact) mass is 609 g/mol. The molecule has 0 unspecified atom stereocenters. The summed E-state index contributed by atoms with van der Waals surface area (Å²) in [6, 6.07) is 19.0. The lowest BCUT2D eigenvalue weighted by Gasteiger charge is -2.12. The van der Waals surface area contributed by atoms with Gasteiger partial charge in [0.25, 0.3) is 0 Å². The minimum atomic E-state index is -1.08. The highest BCUT2D eigenvalue weighted by atomic mass is 79.9. The van der Waals surface area contributed by atoms with Gasteiger partial charge in [0.15, 0.2) is 11.0 Å². The summed E-state index contributed by atoms with van der Waals surface area (Å²) in [6.07, 6.45) is 1.59. The predicted octanol–water partition coefficient (Wildman–Crippen LogP) is 6.85. The maximum Gasteiger partial charge on any atom is 0.342 e. The van der Waals surface area contributed by atoms with E-state index < -0.39 is 5.97 Å². The molecular formula is C29H28BrN3O5S. The van der Waals surface area contributed by atoms with E-state index >= 15 is 0 Å². The van der Waals surface area contributed by atoms with Crippen LogP contribution in [0.5, 0.6) is 17.2 Å². The van der Waals surface area contributed by atoms with Gasteiger partial charge in [0.1, 0.15) is 28.8 Å². The Morgan fingerprint density at radius 1 is 1.03 bits per heavy atom. The molecule has 0 saturated heterocycles. The van der Waals surface area contributed by atoms with E-state index in [1.54, 1.807) is 26.4 Å². The number of carbonyl (C=O) groups is 1. The van der Waals surface area contributed by atoms with Crippen LogP contribution in [0.1, 0.15) is 23.6 Å². The summed E-state index contributed by atoms with van der Waals surface area (Å²) < 4.78 is 19.5. The van der Waals surface area contributed by atoms with Gasteiger partial charge in [-0.1, -0.05) is 45.8 Å². The molecule has 1 heterocycles. The summed E-state index contributed by atoms with van der Waals surface area (Å²) in [4.78, 5) is 12.4. The van der Waals surface area contributed by atoms with Crippen LogP contribution in [0.15, 0.2) is 75.2 Å². The number of rotatable bonds is 11. The van der Waals surface area contributed by atoms with Gasteiger partial charge in [0.05, 0.1) is 14.2 Å². The highest BCUT2D eigenvalue weighted by molar-refractivity contribution is 9.10. The summed E-state index contributed by atoms with van der Waals surface area (Å²) in [5, 5.41) is 19.2. The maximum atomic E-state index is 12.3. The summed E-state index contributed by atoms with van der Waals surface area (Å²) in [7, 11) is 3.16. The molecule has 39 heavy (non-hydrogen) atoms. The third-order valence-corrected chi connectivity index (χ3v) is 7.32. The maximum absolute atomic E-state index is 12.3. The van der Waals surface area contributed by atoms with Gasteiger partial charge in [-0.15, -0.1) is 10.2 Å². The standard InChI is InChI=1S/C29H28BrN3O5S/c1-5-33-27(21-13-23(36-3)16-24(14-21)37-4)31-32-29(33)39-26(28(34)35)15-20-12-22(30)10-11-25(20)38-17-19-8-6-18(2)7-9-19/h6-16H,5,17H2,1-4H3,(H,34,35)/b26-15-. The van der Waals surface area contributed by atoms with Crippen molar-refractivity contribution in [2.45, 2.75) is 32.2 Å². The van der Waals surface area contributed by atoms with E-state index in [0.29, 0.717) is 46.9 Å². The molecule has 0 spiro atoms. The number of carboxylic acids is 1. The second-order valence-electron chi connectivity index (χ2n) is 8.52. The molecule has 1 aromatic heterocycles. The van der Waals surface area contributed by atoms with E-state index in [1.165, 1.54) is 5.56 Å². The Morgan fingerprint density at radius 2 is 1.72 bits per heavy atom. The first-order chi connectivity index (χ1) is 18.8. The van der Waals surface area contributed by atoms with E-state index in [4.69, 9.17) is 14.2 Å². The fourth-order valence-corrected chi connectivity index (χ4v) is 5.04. The SMILES string of the molecule is CCn1c(S/C(=C\c2cc(Br)ccc2OCc2ccc(C)cc2)C(=O)O)nnc1-c1cc(OC)cc(OC)c1. The second kappa shape index (κ2) is 12.9. The van der Waals surface area contributed by atoms with Crippen LogP contribution in [0.25, 0.3) is 17.5 Å². The van der Waals surface area contributed by atoms with Gasteiger partial charge in [0.2, 0.25) is 0 Å². The van der Waals surface area contributed by atoms with Crippen molar-refractivity contribution in [2.24, 2.45) is 0 Å². The number of carboxylic acid groups (broad SMARTS) is 1. The predicted molar refractivity (Wildman–Crippen MR) is 155 cm³/mol. The van der Waals surface area contributed by atoms with Crippen molar-refractivity contribution in [3.8, 4) is 28.6 Å². The molecule has 0 aliphatic rings. The fourth-order valence-electron chi connectivity index (χ4n) is 3.78. The van der Waals surface area contributed by atoms with Gasteiger partial charge >= 0.3 is 5.97 Å². The van der Waals surface area contributed by atoms with Gasteiger partial charge in [-0.3, -0.25) is 0 Å². The average Bonchev–Trinajstić information content (AvgIpc) is 3.35. The van der Waals surface area contributed by atoms with Crippen molar-refractivity contribution < 1.29 is 24.1 Å². The Hall–Kier alpha value is -3.76. The van der Waals surface area contributed by atoms with Crippen LogP contribution in [-0.2, 0) is 17.9 Å². The third kappa shape index (κ3) is 7.01. The summed E-state index contributed by atoms with van der Waals surface area (Å²) >= 11 is 4.51. The molecule has 0 fully saturated rings. The molecule has 0 aliphatic heterocycles. The summed E-state index contributed by atoms with van der Waals surface area (Å²) in [6.45, 7) is 4.86. The van der Waals surface area contributed by atoms with Gasteiger partial charge in [0, 0.05) is 28.2 Å². The Balaban J connectivity index is 1.66. The topological polar surface area (TPSA) is 95.7 Å². The molecular weight excluding hydrogens is 582 g/mol. The number of aliphatic carboxylic acids is 1. The number of nitrogens with zero attached hydrogens (tertiary/aromatic N) is 3. The number of ether oxygens (including phenoxy) is 3. The molecule has 3 aromatic carbocycles. The Bertz CT molecular complexity index is 1480. The van der Waals surface area contributed by atoms with E-state index in [9.17, 15) is 9.90 Å². The van der Waals surface area contributed by atoms with Crippen LogP contribution in [0.2, 0.25) is 0 Å². The third-order valence-electron chi connectivity index (χ3n) is 5.83. The Labute approximate surface area is 239 Å². The quantitative estimate of drug-likeness (QED) is 0.146. The van der Waals surface area contributed by atoms with Crippen molar-refractivity contribution >= 4 is 39.7 Å². The minimum absolute atomic E-state index is 0.0742. The van der Waals surface area contributed by atoms with E-state index in [0.717, 1.165) is 27.4 Å². The number of halogens is 1. The Kier molecular flexibility index (Phi) is 9.32. The second-order valence-corrected chi connectivity index (χ2v) is 10.4. The lowest BCUT2D eigenvalue weighted by molar-refractivity contribution is -0.131. The molecule has 8 nitrogen and oxygen atoms in total. The number of hydrogen-bond donors (Lipinski definition) is 1. The molecule has 4 rings (SSSR count). The summed E-state index contributed by atoms with van der Waals surface area (Å²) in [5.74, 6) is 1.29. The van der Waals surface area contributed by atoms with Crippen molar-refractivity contribution in [3.63, 3.8) is 0 Å². The summed E-state index contributed by atoms with van der Waals surface area (Å²) in [5.41, 5.74) is 3.56. The minimum Gasteiger partial charge on any atom is -0.497 e. The fraction of sp³-hybridized carbons (Fsp3) is 0.207. The Morgan fingerprint density at radius 3 is 2.33 bits per heavy atom. The molecule has 1 N–H and O–H groups in total. The first-order valence-corrected chi connectivity index (χ1v) is 13.7. The lowest BCUT2D eigenvalue weighted by Crippen LogP contribution is -2.03. The van der Waals surface area contributed by atoms with Crippen LogP contribution >= 0.6 is 27.7 Å². The van der Waals surface area contributed by atoms with Crippen LogP contribution in [-0.4, -0.2) is 40.1 Å². The largest absolute Gasteiger partial charge is 0.497 e. The number of thioether (sulfide) groups is 1. The van der Waals surface area contributed by atoms with Crippen molar-refractivity contribution in [2.75, 3.05) is 14.2 Å². The number of hydrogen-bond acceptors (Lipinski definition) is 7. The number of methoxy groups -OCH3 is 2. The first kappa shape index (κ1) is 28.3. The number of benzene rings is 3. The van der Waals surface area contributed by atoms with Gasteiger partial charge in [-0.25, -0.2) is 4.79 Å². The first-order valence-electron chi connectivity index (χ1n) is 12.1. The van der Waals surface area contributed by atoms with Gasteiger partial charge in [-0.2, -0.15) is 0 Å². The highest BCUT2D eigenvalue weighted by Crippen LogP contribution is 2.35. The number of aryl methyl sites for hydroxylation is 1. The molecule has 0 radical (unpaired) electrons. The zero-order chi connectivity index (χ0) is 27.9. The average molecular weight is 611 g/mol. The van der Waals surface area contributed by atoms with Crippen molar-refractivity contribution in [1.82, 2.24) is 14.8 Å². The zero-order valence-electron chi connectivity index (χ0n) is 22.0. The zero-order valence-corrected chi connectivity index (χ0v) is 24.4. The number of aromatic nitrogens is 3. The molecule has 0 amide bonds. The van der Waals surface area contributed by atoms with Crippen LogP contribution in [0.4, 0.5) is 0 Å². The molecule has 0 saturated carbocycles. The highest BCUT2D eigenvalue weighted by Gasteiger charge is 2.20. The molecule has 10 heteroatoms. The van der Waals surface area contributed by atoms with Crippen LogP contribution < -0.4 is 14.2 Å². The molecule has 4 aromatic rings. The van der Waals surface area contributed by atoms with E-state index in [-0.39, 0.29) is 4.91 Å². The lowest BCUT2D eigenvalue weighted by atomic mass is 10.1. The molecule has 0 aliphatic carbocycles. The normalized spacial score (nSPS) is 11.4. The van der Waals surface area contributed by atoms with E-state index in [2.05, 4.69) is 26.1 Å². The van der Waals surface area contributed by atoms with Gasteiger partial charge in [-0.05, 0) is 67.6 Å². The van der Waals surface area contributed by atoms with Crippen molar-refractivity contribution in [3.05, 3.63) is 86.7 Å². The smallest absolute Gasteiger partial charge is 0.342 e. The molecule has 0 atom stereocenters. The van der Waals surface area contributed by atoms with Gasteiger partial charge < -0.3 is 23.9 Å². The van der Waals surface area contributed by atoms with Crippen molar-refractivity contribution in [1.29, 1.82) is 0 Å². The van der Waals surface area contributed by atoms with Crippen LogP contribution in [0, 0.1) is 6.92 Å².